The summed E-state index contributed by atoms with van der Waals surface area (Å²) in [6.45, 7) is 0. The number of anilines is 3. The molecule has 9 aromatic carbocycles. The Morgan fingerprint density at radius 1 is 0.364 bits per heavy atom. The van der Waals surface area contributed by atoms with Gasteiger partial charge in [0.05, 0.1) is 5.69 Å². The Labute approximate surface area is 322 Å². The summed E-state index contributed by atoms with van der Waals surface area (Å²) < 4.78 is 8.85. The summed E-state index contributed by atoms with van der Waals surface area (Å²) in [5.74, 6) is 0. The maximum atomic E-state index is 6.24. The first kappa shape index (κ1) is 31.6. The highest BCUT2D eigenvalue weighted by molar-refractivity contribution is 7.25. The van der Waals surface area contributed by atoms with Crippen LogP contribution in [-0.2, 0) is 0 Å². The number of hydrogen-bond donors (Lipinski definition) is 0. The Balaban J connectivity index is 1.13. The van der Waals surface area contributed by atoms with Gasteiger partial charge in [0.15, 0.2) is 0 Å². The van der Waals surface area contributed by atoms with Gasteiger partial charge in [-0.15, -0.1) is 11.3 Å². The predicted molar refractivity (Wildman–Crippen MR) is 235 cm³/mol. The molecule has 0 N–H and O–H groups in total. The van der Waals surface area contributed by atoms with Crippen LogP contribution >= 0.6 is 11.3 Å². The standard InChI is InChI=1S/C52H33NOS/c1-2-19-40-34(13-1)14-11-23-41(40)35-15-9-17-38(31-35)53(39-18-10-16-36(32-39)43-24-12-28-51-52(43)45-22-5-8-27-50(45)55-51)47-25-6-3-20-42(47)37-29-30-49-46(33-37)44-21-4-7-26-48(44)54-49/h1-33H. The molecule has 2 heterocycles. The number of fused-ring (bicyclic) bond motifs is 7. The van der Waals surface area contributed by atoms with Gasteiger partial charge in [-0.05, 0) is 99.3 Å². The van der Waals surface area contributed by atoms with Gasteiger partial charge in [-0.2, -0.15) is 0 Å². The largest absolute Gasteiger partial charge is 0.456 e. The Hall–Kier alpha value is -6.94. The normalized spacial score (nSPS) is 11.6. The lowest BCUT2D eigenvalue weighted by molar-refractivity contribution is 0.669. The lowest BCUT2D eigenvalue weighted by Crippen LogP contribution is -2.11. The quantitative estimate of drug-likeness (QED) is 0.170. The third kappa shape index (κ3) is 5.32. The molecule has 2 nitrogen and oxygen atoms in total. The Bertz CT molecular complexity index is 3240. The van der Waals surface area contributed by atoms with Crippen LogP contribution in [0.5, 0.6) is 0 Å². The smallest absolute Gasteiger partial charge is 0.135 e. The summed E-state index contributed by atoms with van der Waals surface area (Å²) in [5.41, 5.74) is 12.2. The van der Waals surface area contributed by atoms with Gasteiger partial charge in [0.2, 0.25) is 0 Å². The van der Waals surface area contributed by atoms with Crippen LogP contribution in [0, 0.1) is 0 Å². The van der Waals surface area contributed by atoms with Crippen molar-refractivity contribution in [3.05, 3.63) is 200 Å². The van der Waals surface area contributed by atoms with Crippen LogP contribution in [0.1, 0.15) is 0 Å². The summed E-state index contributed by atoms with van der Waals surface area (Å²) in [6, 6.07) is 72.4. The second-order valence-electron chi connectivity index (χ2n) is 14.1. The zero-order chi connectivity index (χ0) is 36.3. The molecule has 0 radical (unpaired) electrons. The second-order valence-corrected chi connectivity index (χ2v) is 15.1. The lowest BCUT2D eigenvalue weighted by atomic mass is 9.96. The summed E-state index contributed by atoms with van der Waals surface area (Å²) >= 11 is 1.86. The first-order valence-corrected chi connectivity index (χ1v) is 19.5. The van der Waals surface area contributed by atoms with E-state index >= 15 is 0 Å². The molecule has 0 amide bonds. The predicted octanol–water partition coefficient (Wildman–Crippen LogP) is 15.6. The topological polar surface area (TPSA) is 16.4 Å². The van der Waals surface area contributed by atoms with Crippen molar-refractivity contribution in [1.82, 2.24) is 0 Å². The monoisotopic (exact) mass is 719 g/mol. The molecule has 0 fully saturated rings. The molecule has 0 saturated carbocycles. The van der Waals surface area contributed by atoms with E-state index in [-0.39, 0.29) is 0 Å². The Kier molecular flexibility index (Phi) is 7.39. The van der Waals surface area contributed by atoms with E-state index < -0.39 is 0 Å². The van der Waals surface area contributed by atoms with Gasteiger partial charge in [0, 0.05) is 47.9 Å². The minimum absolute atomic E-state index is 0.893. The van der Waals surface area contributed by atoms with Gasteiger partial charge in [0.25, 0.3) is 0 Å². The average molecular weight is 720 g/mol. The van der Waals surface area contributed by atoms with E-state index in [0.717, 1.165) is 50.1 Å². The first-order valence-electron chi connectivity index (χ1n) is 18.7. The van der Waals surface area contributed by atoms with E-state index in [2.05, 4.69) is 193 Å². The number of nitrogens with zero attached hydrogens (tertiary/aromatic N) is 1. The highest BCUT2D eigenvalue weighted by Crippen LogP contribution is 2.46. The second kappa shape index (κ2) is 12.9. The molecule has 0 aliphatic rings. The van der Waals surface area contributed by atoms with E-state index in [0.29, 0.717) is 0 Å². The van der Waals surface area contributed by atoms with Gasteiger partial charge >= 0.3 is 0 Å². The van der Waals surface area contributed by atoms with Crippen molar-refractivity contribution in [3.63, 3.8) is 0 Å². The minimum Gasteiger partial charge on any atom is -0.456 e. The Morgan fingerprint density at radius 3 is 1.82 bits per heavy atom. The van der Waals surface area contributed by atoms with Crippen molar-refractivity contribution in [2.24, 2.45) is 0 Å². The van der Waals surface area contributed by atoms with Crippen LogP contribution in [0.2, 0.25) is 0 Å². The number of benzene rings is 9. The number of thiophene rings is 1. The van der Waals surface area contributed by atoms with Crippen molar-refractivity contribution in [2.75, 3.05) is 4.90 Å². The molecule has 3 heteroatoms. The molecular formula is C52H33NOS. The van der Waals surface area contributed by atoms with Crippen LogP contribution in [0.4, 0.5) is 17.1 Å². The van der Waals surface area contributed by atoms with Gasteiger partial charge < -0.3 is 9.32 Å². The first-order chi connectivity index (χ1) is 27.3. The van der Waals surface area contributed by atoms with Gasteiger partial charge in [-0.1, -0.05) is 140 Å². The fourth-order valence-corrected chi connectivity index (χ4v) is 9.48. The molecule has 2 aromatic heterocycles. The van der Waals surface area contributed by atoms with E-state index in [1.54, 1.807) is 0 Å². The van der Waals surface area contributed by atoms with Crippen LogP contribution < -0.4 is 4.90 Å². The highest BCUT2D eigenvalue weighted by Gasteiger charge is 2.20. The fourth-order valence-electron chi connectivity index (χ4n) is 8.35. The van der Waals surface area contributed by atoms with Crippen molar-refractivity contribution in [3.8, 4) is 33.4 Å². The molecule has 0 aliphatic heterocycles. The molecule has 0 bridgehead atoms. The molecular weight excluding hydrogens is 687 g/mol. The van der Waals surface area contributed by atoms with E-state index in [4.69, 9.17) is 4.42 Å². The van der Waals surface area contributed by atoms with Crippen molar-refractivity contribution < 1.29 is 4.42 Å². The number of hydrogen-bond acceptors (Lipinski definition) is 3. The lowest BCUT2D eigenvalue weighted by Gasteiger charge is -2.29. The molecule has 0 unspecified atom stereocenters. The molecule has 0 aliphatic carbocycles. The molecule has 0 saturated heterocycles. The van der Waals surface area contributed by atoms with E-state index in [1.807, 2.05) is 23.5 Å². The van der Waals surface area contributed by atoms with Crippen molar-refractivity contribution >= 4 is 81.3 Å². The molecule has 11 rings (SSSR count). The molecule has 0 atom stereocenters. The Morgan fingerprint density at radius 2 is 0.945 bits per heavy atom. The van der Waals surface area contributed by atoms with Gasteiger partial charge in [-0.25, -0.2) is 0 Å². The summed E-state index contributed by atoms with van der Waals surface area (Å²) in [4.78, 5) is 2.43. The molecule has 0 spiro atoms. The summed E-state index contributed by atoms with van der Waals surface area (Å²) in [7, 11) is 0. The summed E-state index contributed by atoms with van der Waals surface area (Å²) in [6.07, 6.45) is 0. The molecule has 11 aromatic rings. The SMILES string of the molecule is c1cc(-c2cccc3ccccc23)cc(N(c2cccc(-c3cccc4sc5ccccc5c34)c2)c2ccccc2-c2ccc3oc4ccccc4c3c2)c1. The molecule has 55 heavy (non-hydrogen) atoms. The maximum absolute atomic E-state index is 6.24. The average Bonchev–Trinajstić information content (AvgIpc) is 3.82. The van der Waals surface area contributed by atoms with Crippen molar-refractivity contribution in [2.45, 2.75) is 0 Å². The summed E-state index contributed by atoms with van der Waals surface area (Å²) in [5, 5.41) is 7.33. The third-order valence-electron chi connectivity index (χ3n) is 10.9. The molecule has 258 valence electrons. The van der Waals surface area contributed by atoms with E-state index in [1.165, 1.54) is 53.2 Å². The van der Waals surface area contributed by atoms with Gasteiger partial charge in [0.1, 0.15) is 11.2 Å². The van der Waals surface area contributed by atoms with Crippen LogP contribution in [0.25, 0.3) is 86.3 Å². The number of para-hydroxylation sites is 2. The van der Waals surface area contributed by atoms with Crippen molar-refractivity contribution in [1.29, 1.82) is 0 Å². The van der Waals surface area contributed by atoms with E-state index in [9.17, 15) is 0 Å². The zero-order valence-corrected chi connectivity index (χ0v) is 30.6. The number of furan rings is 1. The fraction of sp³-hybridized carbons (Fsp3) is 0. The third-order valence-corrected chi connectivity index (χ3v) is 12.0. The zero-order valence-electron chi connectivity index (χ0n) is 29.8. The minimum atomic E-state index is 0.893. The van der Waals surface area contributed by atoms with Gasteiger partial charge in [-0.3, -0.25) is 0 Å². The van der Waals surface area contributed by atoms with Crippen LogP contribution in [0.3, 0.4) is 0 Å². The highest BCUT2D eigenvalue weighted by atomic mass is 32.1. The van der Waals surface area contributed by atoms with Crippen LogP contribution in [0.15, 0.2) is 205 Å². The van der Waals surface area contributed by atoms with Crippen LogP contribution in [-0.4, -0.2) is 0 Å². The number of rotatable bonds is 6. The maximum Gasteiger partial charge on any atom is 0.135 e.